The molecule has 0 aliphatic heterocycles. The van der Waals surface area contributed by atoms with Gasteiger partial charge in [0.05, 0.1) is 24.4 Å². The minimum absolute atomic E-state index is 0.115. The molecule has 7 heteroatoms. The Kier molecular flexibility index (Phi) is 4.19. The number of hydrogen-bond acceptors (Lipinski definition) is 4. The molecule has 3 rings (SSSR count). The molecular formula is C17H19ClN4O2. The third-order valence-corrected chi connectivity index (χ3v) is 4.07. The van der Waals surface area contributed by atoms with Crippen molar-refractivity contribution in [3.8, 4) is 0 Å². The fourth-order valence-electron chi connectivity index (χ4n) is 2.55. The Balaban J connectivity index is 1.95. The van der Waals surface area contributed by atoms with Crippen LogP contribution in [-0.4, -0.2) is 24.4 Å². The Bertz CT molecular complexity index is 922. The van der Waals surface area contributed by atoms with Crippen LogP contribution in [0, 0.1) is 0 Å². The van der Waals surface area contributed by atoms with Crippen molar-refractivity contribution in [3.05, 3.63) is 57.7 Å². The molecule has 2 aromatic heterocycles. The third kappa shape index (κ3) is 3.07. The third-order valence-electron chi connectivity index (χ3n) is 3.81. The Morgan fingerprint density at radius 1 is 1.25 bits per heavy atom. The van der Waals surface area contributed by atoms with Gasteiger partial charge in [0.15, 0.2) is 5.65 Å². The van der Waals surface area contributed by atoms with Gasteiger partial charge in [0.25, 0.3) is 5.56 Å². The molecule has 6 nitrogen and oxygen atoms in total. The molecule has 0 aliphatic carbocycles. The summed E-state index contributed by atoms with van der Waals surface area (Å²) in [5.74, 6) is 0. The predicted molar refractivity (Wildman–Crippen MR) is 93.2 cm³/mol. The average molecular weight is 347 g/mol. The van der Waals surface area contributed by atoms with Crippen LogP contribution >= 0.6 is 11.6 Å². The topological polar surface area (TPSA) is 72.9 Å². The van der Waals surface area contributed by atoms with Crippen LogP contribution in [0.5, 0.6) is 0 Å². The summed E-state index contributed by atoms with van der Waals surface area (Å²) < 4.78 is 3.12. The van der Waals surface area contributed by atoms with Crippen LogP contribution in [0.25, 0.3) is 11.0 Å². The fourth-order valence-corrected chi connectivity index (χ4v) is 2.67. The van der Waals surface area contributed by atoms with Gasteiger partial charge in [-0.15, -0.1) is 0 Å². The lowest BCUT2D eigenvalue weighted by molar-refractivity contribution is 0.155. The molecule has 0 saturated heterocycles. The van der Waals surface area contributed by atoms with E-state index in [1.54, 1.807) is 28.9 Å². The van der Waals surface area contributed by atoms with E-state index in [2.05, 4.69) is 10.1 Å². The summed E-state index contributed by atoms with van der Waals surface area (Å²) in [7, 11) is 0. The first-order valence-electron chi connectivity index (χ1n) is 7.64. The zero-order valence-corrected chi connectivity index (χ0v) is 14.5. The summed E-state index contributed by atoms with van der Waals surface area (Å²) in [6.07, 6.45) is 2.16. The second kappa shape index (κ2) is 6.03. The molecule has 0 bridgehead atoms. The predicted octanol–water partition coefficient (Wildman–Crippen LogP) is 2.74. The van der Waals surface area contributed by atoms with Crippen molar-refractivity contribution < 1.29 is 5.11 Å². The van der Waals surface area contributed by atoms with Gasteiger partial charge in [-0.25, -0.2) is 9.67 Å². The Morgan fingerprint density at radius 2 is 1.92 bits per heavy atom. The van der Waals surface area contributed by atoms with E-state index in [0.29, 0.717) is 21.6 Å². The molecule has 0 fully saturated rings. The summed E-state index contributed by atoms with van der Waals surface area (Å²) in [4.78, 5) is 17.0. The van der Waals surface area contributed by atoms with Gasteiger partial charge in [0.1, 0.15) is 11.7 Å². The van der Waals surface area contributed by atoms with Crippen molar-refractivity contribution in [1.82, 2.24) is 19.3 Å². The minimum atomic E-state index is -0.822. The highest BCUT2D eigenvalue weighted by Gasteiger charge is 2.20. The largest absolute Gasteiger partial charge is 0.387 e. The molecule has 3 aromatic rings. The van der Waals surface area contributed by atoms with Gasteiger partial charge in [0, 0.05) is 5.02 Å². The van der Waals surface area contributed by atoms with Crippen LogP contribution in [0.3, 0.4) is 0 Å². The van der Waals surface area contributed by atoms with Crippen LogP contribution in [-0.2, 0) is 12.1 Å². The molecule has 0 amide bonds. The van der Waals surface area contributed by atoms with Crippen LogP contribution in [0.4, 0.5) is 0 Å². The Hall–Kier alpha value is -2.18. The van der Waals surface area contributed by atoms with E-state index in [-0.39, 0.29) is 17.6 Å². The molecule has 0 radical (unpaired) electrons. The van der Waals surface area contributed by atoms with Gasteiger partial charge < -0.3 is 5.11 Å². The second-order valence-corrected chi connectivity index (χ2v) is 7.17. The number of aliphatic hydroxyl groups is 1. The molecule has 0 saturated carbocycles. The van der Waals surface area contributed by atoms with Crippen molar-refractivity contribution in [2.75, 3.05) is 0 Å². The van der Waals surface area contributed by atoms with Gasteiger partial charge in [-0.2, -0.15) is 5.10 Å². The quantitative estimate of drug-likeness (QED) is 0.791. The summed E-state index contributed by atoms with van der Waals surface area (Å²) in [6.45, 7) is 6.11. The molecule has 0 aliphatic rings. The van der Waals surface area contributed by atoms with Gasteiger partial charge >= 0.3 is 0 Å². The lowest BCUT2D eigenvalue weighted by atomic mass is 10.1. The maximum absolute atomic E-state index is 12.6. The minimum Gasteiger partial charge on any atom is -0.387 e. The number of hydrogen-bond donors (Lipinski definition) is 1. The first kappa shape index (κ1) is 16.7. The fraction of sp³-hybridized carbons (Fsp3) is 0.353. The molecule has 0 spiro atoms. The van der Waals surface area contributed by atoms with E-state index in [9.17, 15) is 9.90 Å². The summed E-state index contributed by atoms with van der Waals surface area (Å²) in [6, 6.07) is 6.89. The lowest BCUT2D eigenvalue weighted by Gasteiger charge is -2.19. The number of benzene rings is 1. The smallest absolute Gasteiger partial charge is 0.264 e. The highest BCUT2D eigenvalue weighted by Crippen LogP contribution is 2.19. The molecule has 1 aromatic carbocycles. The first-order valence-corrected chi connectivity index (χ1v) is 8.02. The van der Waals surface area contributed by atoms with Crippen molar-refractivity contribution in [2.24, 2.45) is 0 Å². The molecule has 126 valence electrons. The maximum atomic E-state index is 12.6. The van der Waals surface area contributed by atoms with Gasteiger partial charge in [-0.05, 0) is 38.5 Å². The molecular weight excluding hydrogens is 328 g/mol. The maximum Gasteiger partial charge on any atom is 0.264 e. The summed E-state index contributed by atoms with van der Waals surface area (Å²) in [5, 5.41) is 15.7. The lowest BCUT2D eigenvalue weighted by Crippen LogP contribution is -2.26. The summed E-state index contributed by atoms with van der Waals surface area (Å²) >= 11 is 5.85. The van der Waals surface area contributed by atoms with Gasteiger partial charge in [-0.1, -0.05) is 23.7 Å². The Labute approximate surface area is 144 Å². The van der Waals surface area contributed by atoms with Crippen molar-refractivity contribution in [1.29, 1.82) is 0 Å². The zero-order valence-electron chi connectivity index (χ0n) is 13.8. The van der Waals surface area contributed by atoms with Gasteiger partial charge in [-0.3, -0.25) is 9.36 Å². The monoisotopic (exact) mass is 346 g/mol. The van der Waals surface area contributed by atoms with Crippen LogP contribution in [0.15, 0.2) is 41.6 Å². The van der Waals surface area contributed by atoms with E-state index in [0.717, 1.165) is 0 Å². The molecule has 1 unspecified atom stereocenters. The number of halogens is 1. The number of aliphatic hydroxyl groups excluding tert-OH is 1. The zero-order chi connectivity index (χ0) is 17.5. The van der Waals surface area contributed by atoms with Crippen LogP contribution in [0.1, 0.15) is 32.4 Å². The highest BCUT2D eigenvalue weighted by atomic mass is 35.5. The normalized spacial score (nSPS) is 13.4. The van der Waals surface area contributed by atoms with Crippen molar-refractivity contribution >= 4 is 22.6 Å². The Morgan fingerprint density at radius 3 is 2.54 bits per heavy atom. The number of nitrogens with zero attached hydrogens (tertiary/aromatic N) is 4. The average Bonchev–Trinajstić information content (AvgIpc) is 2.95. The number of fused-ring (bicyclic) bond motifs is 1. The van der Waals surface area contributed by atoms with Gasteiger partial charge in [0.2, 0.25) is 0 Å². The number of aromatic nitrogens is 4. The molecule has 2 heterocycles. The van der Waals surface area contributed by atoms with Crippen molar-refractivity contribution in [3.63, 3.8) is 0 Å². The molecule has 24 heavy (non-hydrogen) atoms. The SMILES string of the molecule is CC(C)(C)n1ncc2c(=O)n(CC(O)c3ccc(Cl)cc3)cnc21. The van der Waals surface area contributed by atoms with E-state index in [4.69, 9.17) is 11.6 Å². The van der Waals surface area contributed by atoms with E-state index < -0.39 is 6.10 Å². The molecule has 1 N–H and O–H groups in total. The number of rotatable bonds is 3. The van der Waals surface area contributed by atoms with E-state index in [1.165, 1.54) is 17.1 Å². The van der Waals surface area contributed by atoms with E-state index in [1.807, 2.05) is 20.8 Å². The van der Waals surface area contributed by atoms with Crippen LogP contribution < -0.4 is 5.56 Å². The summed E-state index contributed by atoms with van der Waals surface area (Å²) in [5.41, 5.74) is 0.751. The van der Waals surface area contributed by atoms with Crippen LogP contribution in [0.2, 0.25) is 5.02 Å². The first-order chi connectivity index (χ1) is 11.3. The molecule has 1 atom stereocenters. The van der Waals surface area contributed by atoms with Crippen molar-refractivity contribution in [2.45, 2.75) is 39.0 Å². The second-order valence-electron chi connectivity index (χ2n) is 6.73. The van der Waals surface area contributed by atoms with E-state index >= 15 is 0 Å². The highest BCUT2D eigenvalue weighted by molar-refractivity contribution is 6.30. The standard InChI is InChI=1S/C17H19ClN4O2/c1-17(2,3)22-15-13(8-20-22)16(24)21(10-19-15)9-14(23)11-4-6-12(18)7-5-11/h4-8,10,14,23H,9H2,1-3H3.